The van der Waals surface area contributed by atoms with Crippen molar-refractivity contribution < 1.29 is 4.79 Å². The van der Waals surface area contributed by atoms with Crippen LogP contribution < -0.4 is 0 Å². The van der Waals surface area contributed by atoms with E-state index in [9.17, 15) is 4.79 Å². The molecule has 130 valence electrons. The Morgan fingerprint density at radius 3 is 2.38 bits per heavy atom. The van der Waals surface area contributed by atoms with Gasteiger partial charge in [0.2, 0.25) is 0 Å². The van der Waals surface area contributed by atoms with Crippen molar-refractivity contribution in [2.75, 3.05) is 19.6 Å². The van der Waals surface area contributed by atoms with Gasteiger partial charge in [-0.25, -0.2) is 0 Å². The molecule has 1 aliphatic heterocycles. The van der Waals surface area contributed by atoms with Gasteiger partial charge in [0.15, 0.2) is 0 Å². The molecule has 0 atom stereocenters. The molecule has 0 aromatic heterocycles. The predicted octanol–water partition coefficient (Wildman–Crippen LogP) is 3.65. The fraction of sp³-hybridized carbons (Fsp3) is 0.667. The third-order valence-corrected chi connectivity index (χ3v) is 6.17. The maximum atomic E-state index is 13.3. The van der Waals surface area contributed by atoms with Gasteiger partial charge in [0.1, 0.15) is 0 Å². The van der Waals surface area contributed by atoms with Crippen LogP contribution in [0, 0.1) is 0 Å². The topological polar surface area (TPSA) is 23.6 Å². The van der Waals surface area contributed by atoms with Crippen LogP contribution in [0.1, 0.15) is 66.9 Å². The van der Waals surface area contributed by atoms with E-state index in [0.29, 0.717) is 18.0 Å². The van der Waals surface area contributed by atoms with Crippen molar-refractivity contribution in [3.8, 4) is 0 Å². The SMILES string of the molecule is CCN1CCC(N(C(=O)c2ccc3c(c2)CCCC3)C2CC2)CC1. The minimum Gasteiger partial charge on any atom is -0.333 e. The molecule has 3 heteroatoms. The van der Waals surface area contributed by atoms with E-state index in [1.807, 2.05) is 0 Å². The highest BCUT2D eigenvalue weighted by Crippen LogP contribution is 2.34. The molecular formula is C21H30N2O. The number of hydrogen-bond donors (Lipinski definition) is 0. The minimum absolute atomic E-state index is 0.292. The predicted molar refractivity (Wildman–Crippen MR) is 97.4 cm³/mol. The molecule has 0 radical (unpaired) electrons. The zero-order valence-corrected chi connectivity index (χ0v) is 15.0. The first-order valence-corrected chi connectivity index (χ1v) is 9.93. The molecule has 0 spiro atoms. The molecule has 1 heterocycles. The van der Waals surface area contributed by atoms with Crippen LogP contribution in [0.15, 0.2) is 18.2 Å². The number of benzene rings is 1. The average Bonchev–Trinajstić information content (AvgIpc) is 3.47. The fourth-order valence-corrected chi connectivity index (χ4v) is 4.51. The highest BCUT2D eigenvalue weighted by atomic mass is 16.2. The second-order valence-corrected chi connectivity index (χ2v) is 7.80. The number of hydrogen-bond acceptors (Lipinski definition) is 2. The maximum absolute atomic E-state index is 13.3. The summed E-state index contributed by atoms with van der Waals surface area (Å²) < 4.78 is 0. The largest absolute Gasteiger partial charge is 0.333 e. The van der Waals surface area contributed by atoms with Crippen molar-refractivity contribution in [3.63, 3.8) is 0 Å². The lowest BCUT2D eigenvalue weighted by molar-refractivity contribution is 0.0554. The Balaban J connectivity index is 1.52. The molecule has 1 amide bonds. The lowest BCUT2D eigenvalue weighted by Gasteiger charge is -2.38. The molecule has 1 aromatic rings. The Labute approximate surface area is 146 Å². The van der Waals surface area contributed by atoms with E-state index in [4.69, 9.17) is 0 Å². The summed E-state index contributed by atoms with van der Waals surface area (Å²) in [5, 5.41) is 0. The quantitative estimate of drug-likeness (QED) is 0.843. The third-order valence-electron chi connectivity index (χ3n) is 6.17. The molecule has 0 bridgehead atoms. The maximum Gasteiger partial charge on any atom is 0.254 e. The monoisotopic (exact) mass is 326 g/mol. The van der Waals surface area contributed by atoms with E-state index >= 15 is 0 Å². The van der Waals surface area contributed by atoms with Gasteiger partial charge in [0, 0.05) is 30.7 Å². The second-order valence-electron chi connectivity index (χ2n) is 7.80. The van der Waals surface area contributed by atoms with E-state index < -0.39 is 0 Å². The molecule has 3 aliphatic rings. The van der Waals surface area contributed by atoms with Gasteiger partial charge >= 0.3 is 0 Å². The van der Waals surface area contributed by atoms with Crippen molar-refractivity contribution in [3.05, 3.63) is 34.9 Å². The molecule has 1 saturated carbocycles. The van der Waals surface area contributed by atoms with Gasteiger partial charge in [0.25, 0.3) is 5.91 Å². The zero-order chi connectivity index (χ0) is 16.5. The van der Waals surface area contributed by atoms with Crippen LogP contribution in [-0.2, 0) is 12.8 Å². The second kappa shape index (κ2) is 6.87. The fourth-order valence-electron chi connectivity index (χ4n) is 4.51. The number of amides is 1. The van der Waals surface area contributed by atoms with Crippen LogP contribution in [0.3, 0.4) is 0 Å². The van der Waals surface area contributed by atoms with E-state index in [1.54, 1.807) is 0 Å². The molecule has 3 nitrogen and oxygen atoms in total. The normalized spacial score (nSPS) is 22.2. The summed E-state index contributed by atoms with van der Waals surface area (Å²) in [5.41, 5.74) is 3.82. The zero-order valence-electron chi connectivity index (χ0n) is 15.0. The number of carbonyl (C=O) groups excluding carboxylic acids is 1. The first-order valence-electron chi connectivity index (χ1n) is 9.93. The van der Waals surface area contributed by atoms with Crippen molar-refractivity contribution in [1.29, 1.82) is 0 Å². The Morgan fingerprint density at radius 1 is 1.04 bits per heavy atom. The molecule has 24 heavy (non-hydrogen) atoms. The number of aryl methyl sites for hydroxylation is 2. The standard InChI is InChI=1S/C21H30N2O/c1-2-22-13-11-20(12-14-22)23(19-9-10-19)21(24)18-8-7-16-5-3-4-6-17(16)15-18/h7-8,15,19-20H,2-6,9-14H2,1H3. The Kier molecular flexibility index (Phi) is 4.62. The van der Waals surface area contributed by atoms with E-state index in [-0.39, 0.29) is 0 Å². The van der Waals surface area contributed by atoms with Crippen molar-refractivity contribution in [2.45, 2.75) is 70.4 Å². The first-order chi connectivity index (χ1) is 11.8. The highest BCUT2D eigenvalue weighted by molar-refractivity contribution is 5.95. The summed E-state index contributed by atoms with van der Waals surface area (Å²) in [5.74, 6) is 0.292. The highest BCUT2D eigenvalue weighted by Gasteiger charge is 2.38. The lowest BCUT2D eigenvalue weighted by Crippen LogP contribution is -2.48. The Morgan fingerprint density at radius 2 is 1.71 bits per heavy atom. The Bertz CT molecular complexity index is 600. The minimum atomic E-state index is 0.292. The smallest absolute Gasteiger partial charge is 0.254 e. The van der Waals surface area contributed by atoms with Crippen LogP contribution >= 0.6 is 0 Å². The van der Waals surface area contributed by atoms with Gasteiger partial charge in [0.05, 0.1) is 0 Å². The molecule has 0 unspecified atom stereocenters. The van der Waals surface area contributed by atoms with Crippen molar-refractivity contribution >= 4 is 5.91 Å². The Hall–Kier alpha value is -1.35. The number of piperidine rings is 1. The molecule has 2 fully saturated rings. The summed E-state index contributed by atoms with van der Waals surface area (Å²) >= 11 is 0. The molecule has 2 aliphatic carbocycles. The van der Waals surface area contributed by atoms with Gasteiger partial charge in [-0.3, -0.25) is 4.79 Å². The van der Waals surface area contributed by atoms with Crippen LogP contribution in [-0.4, -0.2) is 47.4 Å². The lowest BCUT2D eigenvalue weighted by atomic mass is 9.90. The first kappa shape index (κ1) is 16.1. The molecule has 1 aromatic carbocycles. The van der Waals surface area contributed by atoms with Crippen molar-refractivity contribution in [1.82, 2.24) is 9.80 Å². The number of likely N-dealkylation sites (tertiary alicyclic amines) is 1. The van der Waals surface area contributed by atoms with Crippen LogP contribution in [0.2, 0.25) is 0 Å². The number of nitrogens with zero attached hydrogens (tertiary/aromatic N) is 2. The summed E-state index contributed by atoms with van der Waals surface area (Å²) in [6, 6.07) is 7.46. The summed E-state index contributed by atoms with van der Waals surface area (Å²) in [7, 11) is 0. The van der Waals surface area contributed by atoms with E-state index in [2.05, 4.69) is 34.9 Å². The van der Waals surface area contributed by atoms with Gasteiger partial charge in [-0.2, -0.15) is 0 Å². The van der Waals surface area contributed by atoms with E-state index in [1.165, 1.54) is 43.2 Å². The number of fused-ring (bicyclic) bond motifs is 1. The third kappa shape index (κ3) is 3.23. The van der Waals surface area contributed by atoms with Gasteiger partial charge in [-0.05, 0) is 81.2 Å². The summed E-state index contributed by atoms with van der Waals surface area (Å²) in [4.78, 5) is 18.0. The molecule has 1 saturated heterocycles. The van der Waals surface area contributed by atoms with Gasteiger partial charge in [-0.1, -0.05) is 13.0 Å². The van der Waals surface area contributed by atoms with Gasteiger partial charge < -0.3 is 9.80 Å². The van der Waals surface area contributed by atoms with Crippen LogP contribution in [0.4, 0.5) is 0 Å². The molecule has 4 rings (SSSR count). The molecule has 0 N–H and O–H groups in total. The summed E-state index contributed by atoms with van der Waals surface area (Å²) in [6.45, 7) is 5.65. The average molecular weight is 326 g/mol. The van der Waals surface area contributed by atoms with Gasteiger partial charge in [-0.15, -0.1) is 0 Å². The summed E-state index contributed by atoms with van der Waals surface area (Å²) in [6.07, 6.45) is 9.58. The molecular weight excluding hydrogens is 296 g/mol. The van der Waals surface area contributed by atoms with E-state index in [0.717, 1.165) is 44.5 Å². The van der Waals surface area contributed by atoms with Crippen molar-refractivity contribution in [2.24, 2.45) is 0 Å². The van der Waals surface area contributed by atoms with Crippen LogP contribution in [0.5, 0.6) is 0 Å². The van der Waals surface area contributed by atoms with Crippen LogP contribution in [0.25, 0.3) is 0 Å². The number of rotatable bonds is 4. The number of carbonyl (C=O) groups is 1.